The van der Waals surface area contributed by atoms with Crippen LogP contribution in [0.3, 0.4) is 0 Å². The molecular weight excluding hydrogens is 736 g/mol. The zero-order valence-electron chi connectivity index (χ0n) is 19.7. The second-order valence-corrected chi connectivity index (χ2v) is 5.59. The maximum atomic E-state index is 7.50. The van der Waals surface area contributed by atoms with Gasteiger partial charge in [-0.25, -0.2) is 0 Å². The van der Waals surface area contributed by atoms with Crippen LogP contribution in [-0.4, -0.2) is 0 Å². The molecule has 0 aliphatic carbocycles. The standard InChI is InChI=1S/C14H11.C8H11N2.5CO.3Ru/c1-3-7-13(8-4-1)11-12-14-9-5-2-6-10-14;1-5-3-7(9)8(10)4-6(5)2;5*1-2;;;/h1-11H;3-4,9H,10H2,1-2H3;;;;;;;;/q2*-1;;;;;;;;+2. The number of nitrogens with one attached hydrogen (secondary N) is 1. The number of hydrogen-bond acceptors (Lipinski definition) is 1. The average Bonchev–Trinajstić information content (AvgIpc) is 2.94. The molecule has 3 aromatic rings. The topological polar surface area (TPSA) is 149 Å². The van der Waals surface area contributed by atoms with E-state index < -0.39 is 0 Å². The predicted molar refractivity (Wildman–Crippen MR) is 124 cm³/mol. The van der Waals surface area contributed by atoms with E-state index >= 15 is 0 Å². The van der Waals surface area contributed by atoms with Crippen LogP contribution in [0.5, 0.6) is 0 Å². The Bertz CT molecular complexity index is 908. The van der Waals surface area contributed by atoms with Crippen molar-refractivity contribution in [1.29, 1.82) is 0 Å². The van der Waals surface area contributed by atoms with Gasteiger partial charge in [0, 0.05) is 44.6 Å². The van der Waals surface area contributed by atoms with Crippen LogP contribution >= 0.6 is 0 Å². The zero-order chi connectivity index (χ0) is 27.4. The van der Waals surface area contributed by atoms with Gasteiger partial charge >= 0.3 is 76.0 Å². The Hall–Kier alpha value is -2.43. The van der Waals surface area contributed by atoms with Crippen molar-refractivity contribution in [1.82, 2.24) is 0 Å². The van der Waals surface area contributed by atoms with Crippen LogP contribution in [-0.2, 0) is 81.7 Å². The summed E-state index contributed by atoms with van der Waals surface area (Å²) in [5.41, 5.74) is 18.4. The normalized spacial score (nSPS) is 6.92. The van der Waals surface area contributed by atoms with Crippen molar-refractivity contribution in [2.45, 2.75) is 13.8 Å². The molecule has 3 aromatic carbocycles. The molecule has 7 nitrogen and oxygen atoms in total. The summed E-state index contributed by atoms with van der Waals surface area (Å²) >= 11 is 0. The number of aryl methyl sites for hydroxylation is 2. The first-order chi connectivity index (χ1) is 16.6. The molecule has 0 bridgehead atoms. The number of hydrogen-bond donors (Lipinski definition) is 1. The molecule has 0 heterocycles. The molecule has 0 aliphatic heterocycles. The van der Waals surface area contributed by atoms with Gasteiger partial charge in [-0.15, -0.1) is 47.7 Å². The molecule has 0 saturated heterocycles. The Balaban J connectivity index is -0.0000000699. The molecular formula is C27H22N2O5Ru3. The van der Waals surface area contributed by atoms with E-state index in [4.69, 9.17) is 34.7 Å². The summed E-state index contributed by atoms with van der Waals surface area (Å²) in [5, 5.41) is 0. The number of benzene rings is 3. The van der Waals surface area contributed by atoms with Crippen molar-refractivity contribution in [3.8, 4) is 0 Å². The van der Waals surface area contributed by atoms with E-state index in [0.29, 0.717) is 11.4 Å². The van der Waals surface area contributed by atoms with Crippen LogP contribution in [0.2, 0.25) is 0 Å². The number of nitrogen functional groups attached to an aromatic ring is 1. The molecule has 0 aromatic heterocycles. The van der Waals surface area contributed by atoms with Crippen LogP contribution in [0, 0.1) is 53.2 Å². The van der Waals surface area contributed by atoms with E-state index in [-0.39, 0.29) is 58.4 Å². The molecule has 3 N–H and O–H groups in total. The van der Waals surface area contributed by atoms with Crippen molar-refractivity contribution >= 4 is 17.5 Å². The van der Waals surface area contributed by atoms with Gasteiger partial charge in [0.25, 0.3) is 0 Å². The van der Waals surface area contributed by atoms with Gasteiger partial charge in [-0.05, 0) is 31.0 Å². The molecule has 0 aliphatic rings. The van der Waals surface area contributed by atoms with Crippen LogP contribution in [0.1, 0.15) is 22.3 Å². The van der Waals surface area contributed by atoms with Gasteiger partial charge in [0.1, 0.15) is 0 Å². The van der Waals surface area contributed by atoms with Gasteiger partial charge in [-0.2, -0.15) is 0 Å². The maximum Gasteiger partial charge on any atom is 2.00 e. The van der Waals surface area contributed by atoms with E-state index in [9.17, 15) is 0 Å². The third-order valence-electron chi connectivity index (χ3n) is 3.64. The van der Waals surface area contributed by atoms with Crippen molar-refractivity contribution in [2.24, 2.45) is 0 Å². The van der Waals surface area contributed by atoms with Crippen LogP contribution < -0.4 is 5.73 Å². The Morgan fingerprint density at radius 3 is 1.41 bits per heavy atom. The third-order valence-corrected chi connectivity index (χ3v) is 3.64. The summed E-state index contributed by atoms with van der Waals surface area (Å²) < 4.78 is 37.5. The first kappa shape index (κ1) is 51.3. The fourth-order valence-electron chi connectivity index (χ4n) is 2.09. The van der Waals surface area contributed by atoms with Crippen LogP contribution in [0.15, 0.2) is 72.8 Å². The molecule has 0 unspecified atom stereocenters. The van der Waals surface area contributed by atoms with Crippen molar-refractivity contribution < 1.29 is 81.7 Å². The maximum absolute atomic E-state index is 7.50. The van der Waals surface area contributed by atoms with Crippen molar-refractivity contribution in [3.63, 3.8) is 0 Å². The summed E-state index contributed by atoms with van der Waals surface area (Å²) in [6.07, 6.45) is 5.23. The average molecular weight is 758 g/mol. The Morgan fingerprint density at radius 2 is 1.03 bits per heavy atom. The van der Waals surface area contributed by atoms with Gasteiger partial charge in [0.2, 0.25) is 0 Å². The first-order valence-corrected chi connectivity index (χ1v) is 8.86. The van der Waals surface area contributed by atoms with E-state index in [2.05, 4.69) is 51.5 Å². The molecule has 0 fully saturated rings. The fourth-order valence-corrected chi connectivity index (χ4v) is 2.09. The van der Waals surface area contributed by atoms with Crippen molar-refractivity contribution in [2.75, 3.05) is 5.73 Å². The Kier molecular flexibility index (Phi) is 56.4. The molecule has 0 saturated carbocycles. The molecule has 3 rings (SSSR count). The van der Waals surface area contributed by atoms with E-state index in [0.717, 1.165) is 16.7 Å². The quantitative estimate of drug-likeness (QED) is 0.112. The summed E-state index contributed by atoms with van der Waals surface area (Å²) in [7, 11) is 0. The van der Waals surface area contributed by atoms with Crippen molar-refractivity contribution in [3.05, 3.63) is 140 Å². The summed E-state index contributed by atoms with van der Waals surface area (Å²) in [6, 6.07) is 23.9. The summed E-state index contributed by atoms with van der Waals surface area (Å²) in [6.45, 7) is 26.5. The monoisotopic (exact) mass is 760 g/mol. The largest absolute Gasteiger partial charge is 2.00 e. The third kappa shape index (κ3) is 28.0. The molecule has 0 amide bonds. The molecule has 10 heteroatoms. The second-order valence-electron chi connectivity index (χ2n) is 5.59. The molecule has 0 atom stereocenters. The molecule has 0 radical (unpaired) electrons. The zero-order valence-corrected chi connectivity index (χ0v) is 24.9. The molecule has 37 heavy (non-hydrogen) atoms. The summed E-state index contributed by atoms with van der Waals surface area (Å²) in [4.78, 5) is 0. The van der Waals surface area contributed by atoms with Crippen LogP contribution in [0.4, 0.5) is 11.4 Å². The number of nitrogens with two attached hydrogens (primary N) is 1. The molecule has 194 valence electrons. The minimum Gasteiger partial charge on any atom is -0.150 e. The summed E-state index contributed by atoms with van der Waals surface area (Å²) in [5.74, 6) is 0. The first-order valence-electron chi connectivity index (χ1n) is 8.86. The van der Waals surface area contributed by atoms with E-state index in [1.165, 1.54) is 5.56 Å². The minimum absolute atomic E-state index is 0. The number of rotatable bonds is 2. The molecule has 0 spiro atoms. The smallest absolute Gasteiger partial charge is 0.150 e. The Labute approximate surface area is 257 Å². The number of anilines is 1. The van der Waals surface area contributed by atoms with Crippen LogP contribution in [0.25, 0.3) is 11.8 Å². The van der Waals surface area contributed by atoms with Gasteiger partial charge < -0.3 is 11.5 Å². The predicted octanol–water partition coefficient (Wildman–Crippen LogP) is 5.93. The van der Waals surface area contributed by atoms with E-state index in [1.54, 1.807) is 6.07 Å². The van der Waals surface area contributed by atoms with Gasteiger partial charge in [-0.1, -0.05) is 48.0 Å². The van der Waals surface area contributed by atoms with Gasteiger partial charge in [0.15, 0.2) is 0 Å². The second kappa shape index (κ2) is 40.7. The van der Waals surface area contributed by atoms with Gasteiger partial charge in [-0.3, -0.25) is 0 Å². The van der Waals surface area contributed by atoms with Gasteiger partial charge in [0.05, 0.1) is 0 Å². The van der Waals surface area contributed by atoms with E-state index in [1.807, 2.05) is 74.5 Å². The SMILES string of the molecule is Cc1cc([NH-])c(N)cc1C.[C-]#[O+].[C-]#[O+].[C-]#[O+].[C-]#[O+].[C-]#[O+].[C-](=Cc1ccccc1)c1ccccc1.[Ru+2].[Ru].[Ru]. The minimum atomic E-state index is 0. The fraction of sp³-hybridized carbons (Fsp3) is 0.0741. The Morgan fingerprint density at radius 1 is 0.676 bits per heavy atom.